The summed E-state index contributed by atoms with van der Waals surface area (Å²) in [5.41, 5.74) is 5.14. The molecule has 0 radical (unpaired) electrons. The topological polar surface area (TPSA) is 46.5 Å². The van der Waals surface area contributed by atoms with Crippen molar-refractivity contribution in [3.05, 3.63) is 34.4 Å². The quantitative estimate of drug-likeness (QED) is 0.487. The monoisotopic (exact) mass is 366 g/mol. The molecule has 2 rings (SSSR count). The predicted octanol–water partition coefficient (Wildman–Crippen LogP) is 5.13. The van der Waals surface area contributed by atoms with Crippen LogP contribution in [0.4, 0.5) is 0 Å². The Bertz CT molecular complexity index is 589. The van der Waals surface area contributed by atoms with Gasteiger partial charge < -0.3 is 9.29 Å². The minimum Gasteiger partial charge on any atom is -0.376 e. The molecule has 0 saturated heterocycles. The van der Waals surface area contributed by atoms with Crippen LogP contribution in [0.25, 0.3) is 0 Å². The van der Waals surface area contributed by atoms with Crippen LogP contribution in [0.5, 0.6) is 0 Å². The van der Waals surface area contributed by atoms with E-state index in [1.807, 2.05) is 0 Å². The Balaban J connectivity index is 1.84. The first kappa shape index (κ1) is 20.6. The number of hydrogen-bond donors (Lipinski definition) is 1. The molecule has 1 aliphatic carbocycles. The van der Waals surface area contributed by atoms with E-state index in [1.165, 1.54) is 35.1 Å². The smallest absolute Gasteiger partial charge is 0.159 e. The van der Waals surface area contributed by atoms with Gasteiger partial charge >= 0.3 is 0 Å². The van der Waals surface area contributed by atoms with Gasteiger partial charge in [-0.1, -0.05) is 18.6 Å². The van der Waals surface area contributed by atoms with Crippen molar-refractivity contribution in [3.8, 4) is 0 Å². The first-order valence-corrected chi connectivity index (χ1v) is 10.6. The van der Waals surface area contributed by atoms with Gasteiger partial charge in [-0.2, -0.15) is 0 Å². The van der Waals surface area contributed by atoms with Crippen LogP contribution < -0.4 is 0 Å². The average molecular weight is 367 g/mol. The van der Waals surface area contributed by atoms with Gasteiger partial charge in [0.25, 0.3) is 0 Å². The standard InChI is InChI=1S/C21H34O3S/c1-16-13-18(9-7-6-8-12-24-20(3,4)5)14-17(2)19(16)15-21(10-11-21)25(22)23/h13-14H,6-12,15H2,1-5H3,(H,22,23). The fourth-order valence-electron chi connectivity index (χ4n) is 3.37. The van der Waals surface area contributed by atoms with Gasteiger partial charge in [0.05, 0.1) is 10.3 Å². The number of hydrogen-bond acceptors (Lipinski definition) is 2. The zero-order chi connectivity index (χ0) is 18.7. The Hall–Kier alpha value is -0.710. The van der Waals surface area contributed by atoms with Crippen molar-refractivity contribution in [1.29, 1.82) is 0 Å². The molecule has 4 heteroatoms. The van der Waals surface area contributed by atoms with Gasteiger partial charge in [0, 0.05) is 6.61 Å². The van der Waals surface area contributed by atoms with Crippen LogP contribution in [0, 0.1) is 13.8 Å². The van der Waals surface area contributed by atoms with E-state index in [9.17, 15) is 8.76 Å². The largest absolute Gasteiger partial charge is 0.376 e. The van der Waals surface area contributed by atoms with Gasteiger partial charge in [0.15, 0.2) is 11.1 Å². The third kappa shape index (κ3) is 6.19. The highest BCUT2D eigenvalue weighted by Crippen LogP contribution is 2.44. The van der Waals surface area contributed by atoms with Gasteiger partial charge in [-0.25, -0.2) is 4.21 Å². The Morgan fingerprint density at radius 3 is 2.20 bits per heavy atom. The Morgan fingerprint density at radius 1 is 1.12 bits per heavy atom. The van der Waals surface area contributed by atoms with E-state index in [2.05, 4.69) is 46.8 Å². The summed E-state index contributed by atoms with van der Waals surface area (Å²) in [6, 6.07) is 4.54. The lowest BCUT2D eigenvalue weighted by Crippen LogP contribution is -2.20. The molecule has 1 aliphatic rings. The summed E-state index contributed by atoms with van der Waals surface area (Å²) < 4.78 is 26.5. The first-order valence-electron chi connectivity index (χ1n) is 9.47. The minimum atomic E-state index is -1.71. The highest BCUT2D eigenvalue weighted by Gasteiger charge is 2.49. The molecule has 0 bridgehead atoms. The zero-order valence-electron chi connectivity index (χ0n) is 16.5. The van der Waals surface area contributed by atoms with E-state index in [0.29, 0.717) is 0 Å². The van der Waals surface area contributed by atoms with Gasteiger partial charge in [0.2, 0.25) is 0 Å². The molecular formula is C21H34O3S. The molecule has 1 fully saturated rings. The van der Waals surface area contributed by atoms with Crippen molar-refractivity contribution in [3.63, 3.8) is 0 Å². The molecule has 1 saturated carbocycles. The number of ether oxygens (including phenoxy) is 1. The molecule has 1 N–H and O–H groups in total. The summed E-state index contributed by atoms with van der Waals surface area (Å²) in [5, 5.41) is 0. The van der Waals surface area contributed by atoms with Crippen molar-refractivity contribution < 1.29 is 13.5 Å². The average Bonchev–Trinajstić information content (AvgIpc) is 3.27. The lowest BCUT2D eigenvalue weighted by molar-refractivity contribution is -0.00469. The third-order valence-corrected chi connectivity index (χ3v) is 6.37. The SMILES string of the molecule is Cc1cc(CCCCCOC(C)(C)C)cc(C)c1CC1(S(=O)O)CC1. The molecule has 3 nitrogen and oxygen atoms in total. The molecule has 1 aromatic carbocycles. The molecule has 0 heterocycles. The van der Waals surface area contributed by atoms with Gasteiger partial charge in [-0.3, -0.25) is 0 Å². The molecule has 1 aromatic rings. The molecule has 0 aliphatic heterocycles. The van der Waals surface area contributed by atoms with Crippen molar-refractivity contribution in [2.75, 3.05) is 6.61 Å². The fourth-order valence-corrected chi connectivity index (χ4v) is 4.09. The van der Waals surface area contributed by atoms with Crippen LogP contribution >= 0.6 is 0 Å². The maximum absolute atomic E-state index is 11.6. The van der Waals surface area contributed by atoms with E-state index in [-0.39, 0.29) is 10.3 Å². The molecule has 1 unspecified atom stereocenters. The molecule has 0 aromatic heterocycles. The molecule has 1 atom stereocenters. The summed E-state index contributed by atoms with van der Waals surface area (Å²) in [6.07, 6.45) is 7.03. The summed E-state index contributed by atoms with van der Waals surface area (Å²) in [4.78, 5) is 0. The Labute approximate surface area is 155 Å². The second-order valence-electron chi connectivity index (χ2n) is 8.59. The van der Waals surface area contributed by atoms with Crippen LogP contribution in [0.3, 0.4) is 0 Å². The number of benzene rings is 1. The Kier molecular flexibility index (Phi) is 6.86. The minimum absolute atomic E-state index is 0.0405. The zero-order valence-corrected chi connectivity index (χ0v) is 17.3. The van der Waals surface area contributed by atoms with Crippen LogP contribution in [0.15, 0.2) is 12.1 Å². The number of unbranched alkanes of at least 4 members (excludes halogenated alkanes) is 2. The lowest BCUT2D eigenvalue weighted by atomic mass is 9.93. The summed E-state index contributed by atoms with van der Waals surface area (Å²) in [7, 11) is 0. The third-order valence-electron chi connectivity index (χ3n) is 5.08. The van der Waals surface area contributed by atoms with Crippen molar-refractivity contribution in [1.82, 2.24) is 0 Å². The van der Waals surface area contributed by atoms with Crippen molar-refractivity contribution in [2.24, 2.45) is 0 Å². The summed E-state index contributed by atoms with van der Waals surface area (Å²) in [6.45, 7) is 11.4. The van der Waals surface area contributed by atoms with Gasteiger partial charge in [-0.15, -0.1) is 0 Å². The summed E-state index contributed by atoms with van der Waals surface area (Å²) >= 11 is -1.71. The maximum atomic E-state index is 11.6. The summed E-state index contributed by atoms with van der Waals surface area (Å²) in [5.74, 6) is 0. The first-order chi connectivity index (χ1) is 11.6. The normalized spacial score (nSPS) is 17.5. The second kappa shape index (κ2) is 8.32. The van der Waals surface area contributed by atoms with E-state index < -0.39 is 11.1 Å². The van der Waals surface area contributed by atoms with Crippen LogP contribution in [0.2, 0.25) is 0 Å². The highest BCUT2D eigenvalue weighted by molar-refractivity contribution is 7.81. The van der Waals surface area contributed by atoms with E-state index in [4.69, 9.17) is 4.74 Å². The highest BCUT2D eigenvalue weighted by atomic mass is 32.2. The van der Waals surface area contributed by atoms with Gasteiger partial charge in [0.1, 0.15) is 0 Å². The van der Waals surface area contributed by atoms with E-state index in [0.717, 1.165) is 38.7 Å². The molecule has 0 spiro atoms. The lowest BCUT2D eigenvalue weighted by Gasteiger charge is -2.19. The number of aryl methyl sites for hydroxylation is 3. The predicted molar refractivity (Wildman–Crippen MR) is 106 cm³/mol. The van der Waals surface area contributed by atoms with E-state index in [1.54, 1.807) is 0 Å². The van der Waals surface area contributed by atoms with Crippen LogP contribution in [-0.4, -0.2) is 25.7 Å². The molecule has 0 amide bonds. The van der Waals surface area contributed by atoms with Crippen LogP contribution in [-0.2, 0) is 28.7 Å². The van der Waals surface area contributed by atoms with Crippen molar-refractivity contribution >= 4 is 11.1 Å². The van der Waals surface area contributed by atoms with Crippen molar-refractivity contribution in [2.45, 2.75) is 89.9 Å². The van der Waals surface area contributed by atoms with Gasteiger partial charge in [-0.05, 0) is 95.4 Å². The molecular weight excluding hydrogens is 332 g/mol. The van der Waals surface area contributed by atoms with Crippen LogP contribution in [0.1, 0.15) is 75.1 Å². The second-order valence-corrected chi connectivity index (χ2v) is 9.95. The van der Waals surface area contributed by atoms with E-state index >= 15 is 0 Å². The molecule has 142 valence electrons. The number of rotatable bonds is 9. The molecule has 25 heavy (non-hydrogen) atoms. The Morgan fingerprint density at radius 2 is 1.72 bits per heavy atom. The maximum Gasteiger partial charge on any atom is 0.159 e. The fraction of sp³-hybridized carbons (Fsp3) is 0.714.